The molecule has 2 aromatic heterocycles. The van der Waals surface area contributed by atoms with Crippen molar-refractivity contribution in [2.24, 2.45) is 5.10 Å². The molecule has 2 rings (SSSR count). The lowest BCUT2D eigenvalue weighted by atomic mass is 10.2. The fourth-order valence-electron chi connectivity index (χ4n) is 1.46. The molecule has 0 aliphatic heterocycles. The Balaban J connectivity index is 2.00. The molecule has 2 heterocycles. The van der Waals surface area contributed by atoms with Crippen LogP contribution in [0.15, 0.2) is 27.0 Å². The first-order valence-corrected chi connectivity index (χ1v) is 6.49. The van der Waals surface area contributed by atoms with Gasteiger partial charge in [-0.3, -0.25) is 14.9 Å². The topological polar surface area (TPSA) is 97.7 Å². The maximum absolute atomic E-state index is 11.8. The van der Waals surface area contributed by atoms with E-state index in [9.17, 15) is 14.9 Å². The van der Waals surface area contributed by atoms with Gasteiger partial charge in [-0.15, -0.1) is 11.3 Å². The zero-order valence-electron chi connectivity index (χ0n) is 10.7. The molecule has 0 aromatic carbocycles. The molecular weight excluding hydrogens is 282 g/mol. The minimum atomic E-state index is -0.645. The highest BCUT2D eigenvalue weighted by atomic mass is 32.1. The third-order valence-electron chi connectivity index (χ3n) is 2.68. The number of carbonyl (C=O) groups excluding carboxylic acids is 1. The Morgan fingerprint density at radius 2 is 2.25 bits per heavy atom. The minimum absolute atomic E-state index is 0.190. The third-order valence-corrected chi connectivity index (χ3v) is 3.69. The molecule has 8 heteroatoms. The summed E-state index contributed by atoms with van der Waals surface area (Å²) < 4.78 is 4.86. The Kier molecular flexibility index (Phi) is 3.94. The van der Waals surface area contributed by atoms with E-state index in [2.05, 4.69) is 10.5 Å². The number of hydrazone groups is 1. The normalized spacial score (nSPS) is 10.9. The maximum atomic E-state index is 11.8. The SMILES string of the molecule is Cc1scc(C(=O)NN=Cc2ccc([N+](=O)[O-])o2)c1C. The standard InChI is InChI=1S/C12H11N3O4S/c1-7-8(2)20-6-10(7)12(16)14-13-5-9-3-4-11(19-9)15(17)18/h3-6H,1-2H3,(H,14,16). The van der Waals surface area contributed by atoms with Crippen LogP contribution in [0.3, 0.4) is 0 Å². The molecule has 0 spiro atoms. The molecule has 0 radical (unpaired) electrons. The van der Waals surface area contributed by atoms with Gasteiger partial charge in [-0.2, -0.15) is 5.10 Å². The van der Waals surface area contributed by atoms with Crippen LogP contribution >= 0.6 is 11.3 Å². The highest BCUT2D eigenvalue weighted by Crippen LogP contribution is 2.20. The largest absolute Gasteiger partial charge is 0.433 e. The van der Waals surface area contributed by atoms with E-state index in [4.69, 9.17) is 4.42 Å². The van der Waals surface area contributed by atoms with E-state index < -0.39 is 4.92 Å². The first-order valence-electron chi connectivity index (χ1n) is 5.61. The summed E-state index contributed by atoms with van der Waals surface area (Å²) in [6.45, 7) is 3.79. The second-order valence-corrected chi connectivity index (χ2v) is 5.05. The maximum Gasteiger partial charge on any atom is 0.433 e. The van der Waals surface area contributed by atoms with Crippen molar-refractivity contribution in [1.29, 1.82) is 0 Å². The quantitative estimate of drug-likeness (QED) is 0.532. The first-order chi connectivity index (χ1) is 9.49. The van der Waals surface area contributed by atoms with E-state index in [1.807, 2.05) is 13.8 Å². The van der Waals surface area contributed by atoms with E-state index in [-0.39, 0.29) is 17.6 Å². The summed E-state index contributed by atoms with van der Waals surface area (Å²) in [6, 6.07) is 2.61. The van der Waals surface area contributed by atoms with Gasteiger partial charge in [0, 0.05) is 10.3 Å². The monoisotopic (exact) mass is 293 g/mol. The molecule has 0 saturated carbocycles. The summed E-state index contributed by atoms with van der Waals surface area (Å²) >= 11 is 1.49. The van der Waals surface area contributed by atoms with Crippen molar-refractivity contribution < 1.29 is 14.1 Å². The molecule has 0 aliphatic carbocycles. The zero-order chi connectivity index (χ0) is 14.7. The van der Waals surface area contributed by atoms with Crippen molar-refractivity contribution >= 4 is 29.3 Å². The Bertz CT molecular complexity index is 687. The minimum Gasteiger partial charge on any atom is -0.400 e. The van der Waals surface area contributed by atoms with Crippen LogP contribution in [0.5, 0.6) is 0 Å². The molecule has 0 saturated heterocycles. The summed E-state index contributed by atoms with van der Waals surface area (Å²) in [6.07, 6.45) is 1.21. The molecule has 20 heavy (non-hydrogen) atoms. The molecule has 0 unspecified atom stereocenters. The number of rotatable bonds is 4. The van der Waals surface area contributed by atoms with Crippen LogP contribution in [0.1, 0.15) is 26.6 Å². The van der Waals surface area contributed by atoms with Crippen LogP contribution < -0.4 is 5.43 Å². The number of amides is 1. The summed E-state index contributed by atoms with van der Waals surface area (Å²) in [4.78, 5) is 22.7. The van der Waals surface area contributed by atoms with Gasteiger partial charge in [0.1, 0.15) is 4.92 Å². The van der Waals surface area contributed by atoms with Gasteiger partial charge in [-0.05, 0) is 25.5 Å². The van der Waals surface area contributed by atoms with Crippen molar-refractivity contribution in [2.45, 2.75) is 13.8 Å². The average Bonchev–Trinajstić information content (AvgIpc) is 2.98. The predicted octanol–water partition coefficient (Wildman–Crippen LogP) is 2.63. The molecule has 1 N–H and O–H groups in total. The van der Waals surface area contributed by atoms with E-state index in [1.54, 1.807) is 5.38 Å². The lowest BCUT2D eigenvalue weighted by Gasteiger charge is -1.98. The lowest BCUT2D eigenvalue weighted by molar-refractivity contribution is -0.402. The summed E-state index contributed by atoms with van der Waals surface area (Å²) in [5, 5.41) is 15.9. The Hall–Kier alpha value is -2.48. The summed E-state index contributed by atoms with van der Waals surface area (Å²) in [5.74, 6) is -0.513. The number of nitrogens with zero attached hydrogens (tertiary/aromatic N) is 2. The van der Waals surface area contributed by atoms with E-state index >= 15 is 0 Å². The van der Waals surface area contributed by atoms with Gasteiger partial charge in [-0.1, -0.05) is 0 Å². The van der Waals surface area contributed by atoms with E-state index in [1.165, 1.54) is 29.7 Å². The number of nitrogens with one attached hydrogen (secondary N) is 1. The molecule has 0 aliphatic rings. The number of thiophene rings is 1. The van der Waals surface area contributed by atoms with Gasteiger partial charge in [0.2, 0.25) is 0 Å². The number of aryl methyl sites for hydroxylation is 1. The van der Waals surface area contributed by atoms with Gasteiger partial charge in [0.25, 0.3) is 5.91 Å². The van der Waals surface area contributed by atoms with Crippen LogP contribution in [0.2, 0.25) is 0 Å². The number of carbonyl (C=O) groups is 1. The summed E-state index contributed by atoms with van der Waals surface area (Å²) in [7, 11) is 0. The van der Waals surface area contributed by atoms with Crippen LogP contribution in [0.4, 0.5) is 5.88 Å². The van der Waals surface area contributed by atoms with E-state index in [0.29, 0.717) is 5.56 Å². The van der Waals surface area contributed by atoms with Gasteiger partial charge in [-0.25, -0.2) is 5.43 Å². The average molecular weight is 293 g/mol. The van der Waals surface area contributed by atoms with Crippen LogP contribution in [-0.4, -0.2) is 17.0 Å². The van der Waals surface area contributed by atoms with Crippen molar-refractivity contribution in [2.75, 3.05) is 0 Å². The fourth-order valence-corrected chi connectivity index (χ4v) is 2.33. The highest BCUT2D eigenvalue weighted by molar-refractivity contribution is 7.10. The van der Waals surface area contributed by atoms with Crippen LogP contribution in [0.25, 0.3) is 0 Å². The molecule has 0 bridgehead atoms. The number of nitro groups is 1. The predicted molar refractivity (Wildman–Crippen MR) is 74.2 cm³/mol. The van der Waals surface area contributed by atoms with E-state index in [0.717, 1.165) is 10.4 Å². The molecule has 0 atom stereocenters. The van der Waals surface area contributed by atoms with Crippen molar-refractivity contribution in [3.8, 4) is 0 Å². The highest BCUT2D eigenvalue weighted by Gasteiger charge is 2.12. The molecule has 7 nitrogen and oxygen atoms in total. The Morgan fingerprint density at radius 3 is 2.80 bits per heavy atom. The van der Waals surface area contributed by atoms with Gasteiger partial charge >= 0.3 is 5.88 Å². The molecular formula is C12H11N3O4S. The summed E-state index contributed by atoms with van der Waals surface area (Å²) in [5.41, 5.74) is 3.83. The molecule has 0 fully saturated rings. The first kappa shape index (κ1) is 13.9. The zero-order valence-corrected chi connectivity index (χ0v) is 11.6. The van der Waals surface area contributed by atoms with Crippen LogP contribution in [0, 0.1) is 24.0 Å². The molecule has 2 aromatic rings. The van der Waals surface area contributed by atoms with Gasteiger partial charge in [0.05, 0.1) is 17.8 Å². The smallest absolute Gasteiger partial charge is 0.400 e. The third kappa shape index (κ3) is 2.91. The van der Waals surface area contributed by atoms with Crippen molar-refractivity contribution in [3.05, 3.63) is 49.4 Å². The number of hydrogen-bond donors (Lipinski definition) is 1. The molecule has 1 amide bonds. The van der Waals surface area contributed by atoms with Gasteiger partial charge in [0.15, 0.2) is 5.76 Å². The van der Waals surface area contributed by atoms with Crippen molar-refractivity contribution in [3.63, 3.8) is 0 Å². The van der Waals surface area contributed by atoms with Gasteiger partial charge < -0.3 is 4.42 Å². The van der Waals surface area contributed by atoms with Crippen molar-refractivity contribution in [1.82, 2.24) is 5.43 Å². The Labute approximate surface area is 118 Å². The van der Waals surface area contributed by atoms with Crippen LogP contribution in [-0.2, 0) is 0 Å². The number of furan rings is 1. The number of hydrogen-bond acceptors (Lipinski definition) is 6. The lowest BCUT2D eigenvalue weighted by Crippen LogP contribution is -2.17. The second kappa shape index (κ2) is 5.66. The Morgan fingerprint density at radius 1 is 1.50 bits per heavy atom. The molecule has 104 valence electrons. The fraction of sp³-hybridized carbons (Fsp3) is 0.167. The second-order valence-electron chi connectivity index (χ2n) is 3.96.